The van der Waals surface area contributed by atoms with Crippen LogP contribution in [0.5, 0.6) is 5.75 Å². The van der Waals surface area contributed by atoms with Gasteiger partial charge in [0.1, 0.15) is 18.5 Å². The molecule has 3 atom stereocenters. The lowest BCUT2D eigenvalue weighted by Crippen LogP contribution is -2.42. The van der Waals surface area contributed by atoms with Crippen LogP contribution in [0.25, 0.3) is 0 Å². The summed E-state index contributed by atoms with van der Waals surface area (Å²) in [7, 11) is 1.80. The standard InChI is InChI=1S/C28H33NO3/c1-31-28-17-16-24(18-23-12-8-9-15-27(23)28)29(19-22-10-4-2-5-11-22)20-25(30)21-32-26-13-6-3-7-14-26/h2-15,24-25,28,30H,16-21H2,1H3/t24?,25-,28?/m0/s1. The Morgan fingerprint density at radius 1 is 0.906 bits per heavy atom. The third-order valence-corrected chi connectivity index (χ3v) is 6.28. The first-order chi connectivity index (χ1) is 15.7. The van der Waals surface area contributed by atoms with Gasteiger partial charge in [-0.05, 0) is 48.1 Å². The molecule has 4 nitrogen and oxygen atoms in total. The molecule has 0 aliphatic heterocycles. The van der Waals surface area contributed by atoms with E-state index in [4.69, 9.17) is 9.47 Å². The van der Waals surface area contributed by atoms with E-state index in [2.05, 4.69) is 53.4 Å². The van der Waals surface area contributed by atoms with Crippen molar-refractivity contribution in [2.75, 3.05) is 20.3 Å². The highest BCUT2D eigenvalue weighted by molar-refractivity contribution is 5.31. The second-order valence-electron chi connectivity index (χ2n) is 8.55. The van der Waals surface area contributed by atoms with Gasteiger partial charge in [0.25, 0.3) is 0 Å². The van der Waals surface area contributed by atoms with Crippen molar-refractivity contribution in [3.8, 4) is 5.75 Å². The molecule has 4 heteroatoms. The van der Waals surface area contributed by atoms with Gasteiger partial charge in [0, 0.05) is 26.2 Å². The average molecular weight is 432 g/mol. The molecule has 4 rings (SSSR count). The Morgan fingerprint density at radius 2 is 1.59 bits per heavy atom. The fourth-order valence-electron chi connectivity index (χ4n) is 4.64. The summed E-state index contributed by atoms with van der Waals surface area (Å²) in [6.45, 7) is 1.64. The Labute approximate surface area is 191 Å². The summed E-state index contributed by atoms with van der Waals surface area (Å²) < 4.78 is 11.6. The Morgan fingerprint density at radius 3 is 2.34 bits per heavy atom. The van der Waals surface area contributed by atoms with Crippen LogP contribution in [0, 0.1) is 0 Å². The molecule has 0 radical (unpaired) electrons. The minimum atomic E-state index is -0.573. The van der Waals surface area contributed by atoms with Gasteiger partial charge < -0.3 is 14.6 Å². The summed E-state index contributed by atoms with van der Waals surface area (Å²) in [6.07, 6.45) is 2.50. The Hall–Kier alpha value is -2.66. The third kappa shape index (κ3) is 5.98. The number of aliphatic hydroxyl groups excluding tert-OH is 1. The van der Waals surface area contributed by atoms with Gasteiger partial charge in [-0.25, -0.2) is 0 Å². The number of ether oxygens (including phenoxy) is 2. The zero-order valence-electron chi connectivity index (χ0n) is 18.8. The third-order valence-electron chi connectivity index (χ3n) is 6.28. The van der Waals surface area contributed by atoms with Crippen LogP contribution in [0.4, 0.5) is 0 Å². The number of methoxy groups -OCH3 is 1. The number of aliphatic hydroxyl groups is 1. The van der Waals surface area contributed by atoms with Crippen molar-refractivity contribution in [3.05, 3.63) is 102 Å². The summed E-state index contributed by atoms with van der Waals surface area (Å²) in [6, 6.07) is 29.1. The fraction of sp³-hybridized carbons (Fsp3) is 0.357. The van der Waals surface area contributed by atoms with Crippen LogP contribution in [0.15, 0.2) is 84.9 Å². The van der Waals surface area contributed by atoms with Crippen LogP contribution in [-0.4, -0.2) is 42.4 Å². The second-order valence-corrected chi connectivity index (χ2v) is 8.55. The predicted octanol–water partition coefficient (Wildman–Crippen LogP) is 5.02. The number of para-hydroxylation sites is 1. The Bertz CT molecular complexity index is 947. The van der Waals surface area contributed by atoms with E-state index in [1.165, 1.54) is 16.7 Å². The van der Waals surface area contributed by atoms with E-state index in [0.717, 1.165) is 31.6 Å². The maximum Gasteiger partial charge on any atom is 0.119 e. The van der Waals surface area contributed by atoms with Gasteiger partial charge in [0.15, 0.2) is 0 Å². The highest BCUT2D eigenvalue weighted by Gasteiger charge is 2.28. The lowest BCUT2D eigenvalue weighted by molar-refractivity contribution is 0.0410. The van der Waals surface area contributed by atoms with Crippen molar-refractivity contribution in [1.82, 2.24) is 4.90 Å². The van der Waals surface area contributed by atoms with E-state index in [0.29, 0.717) is 12.6 Å². The van der Waals surface area contributed by atoms with Gasteiger partial charge in [0.05, 0.1) is 6.10 Å². The van der Waals surface area contributed by atoms with Gasteiger partial charge >= 0.3 is 0 Å². The van der Waals surface area contributed by atoms with Crippen molar-refractivity contribution in [3.63, 3.8) is 0 Å². The molecule has 0 saturated heterocycles. The van der Waals surface area contributed by atoms with Gasteiger partial charge in [-0.1, -0.05) is 72.8 Å². The normalized spacial score (nSPS) is 19.2. The van der Waals surface area contributed by atoms with E-state index in [-0.39, 0.29) is 12.7 Å². The van der Waals surface area contributed by atoms with Crippen molar-refractivity contribution < 1.29 is 14.6 Å². The molecule has 3 aromatic rings. The summed E-state index contributed by atoms with van der Waals surface area (Å²) in [5.74, 6) is 0.785. The summed E-state index contributed by atoms with van der Waals surface area (Å²) in [5.41, 5.74) is 3.89. The van der Waals surface area contributed by atoms with Crippen molar-refractivity contribution >= 4 is 0 Å². The van der Waals surface area contributed by atoms with E-state index in [1.54, 1.807) is 7.11 Å². The molecule has 3 aromatic carbocycles. The molecule has 0 spiro atoms. The summed E-state index contributed by atoms with van der Waals surface area (Å²) in [4.78, 5) is 2.42. The molecular formula is C28H33NO3. The van der Waals surface area contributed by atoms with Crippen LogP contribution in [0.2, 0.25) is 0 Å². The highest BCUT2D eigenvalue weighted by Crippen LogP contribution is 2.33. The number of hydrogen-bond donors (Lipinski definition) is 1. The maximum absolute atomic E-state index is 10.9. The van der Waals surface area contributed by atoms with E-state index < -0.39 is 6.10 Å². The Balaban J connectivity index is 1.50. The lowest BCUT2D eigenvalue weighted by Gasteiger charge is -2.33. The number of nitrogens with zero attached hydrogens (tertiary/aromatic N) is 1. The second kappa shape index (κ2) is 11.3. The molecule has 0 saturated carbocycles. The van der Waals surface area contributed by atoms with Crippen molar-refractivity contribution in [1.29, 1.82) is 0 Å². The molecule has 1 aliphatic rings. The quantitative estimate of drug-likeness (QED) is 0.483. The molecule has 0 bridgehead atoms. The van der Waals surface area contributed by atoms with Crippen molar-refractivity contribution in [2.24, 2.45) is 0 Å². The van der Waals surface area contributed by atoms with Crippen LogP contribution in [0.1, 0.15) is 35.6 Å². The smallest absolute Gasteiger partial charge is 0.119 e. The SMILES string of the molecule is COC1CCC(N(Cc2ccccc2)C[C@H](O)COc2ccccc2)Cc2ccccc21. The Kier molecular flexibility index (Phi) is 7.94. The number of hydrogen-bond acceptors (Lipinski definition) is 4. The first kappa shape index (κ1) is 22.5. The van der Waals surface area contributed by atoms with E-state index in [1.807, 2.05) is 36.4 Å². The minimum absolute atomic E-state index is 0.126. The van der Waals surface area contributed by atoms with Crippen LogP contribution < -0.4 is 4.74 Å². The first-order valence-electron chi connectivity index (χ1n) is 11.5. The van der Waals surface area contributed by atoms with Crippen LogP contribution >= 0.6 is 0 Å². The summed E-state index contributed by atoms with van der Waals surface area (Å²) >= 11 is 0. The van der Waals surface area contributed by atoms with Gasteiger partial charge in [-0.2, -0.15) is 0 Å². The van der Waals surface area contributed by atoms with Crippen LogP contribution in [-0.2, 0) is 17.7 Å². The first-order valence-corrected chi connectivity index (χ1v) is 11.5. The predicted molar refractivity (Wildman–Crippen MR) is 128 cm³/mol. The minimum Gasteiger partial charge on any atom is -0.491 e. The molecule has 2 unspecified atom stereocenters. The zero-order chi connectivity index (χ0) is 22.2. The molecule has 168 valence electrons. The molecular weight excluding hydrogens is 398 g/mol. The molecule has 0 fully saturated rings. The molecule has 1 aliphatic carbocycles. The zero-order valence-corrected chi connectivity index (χ0v) is 18.8. The fourth-order valence-corrected chi connectivity index (χ4v) is 4.64. The van der Waals surface area contributed by atoms with Crippen LogP contribution in [0.3, 0.4) is 0 Å². The van der Waals surface area contributed by atoms with Crippen molar-refractivity contribution in [2.45, 2.75) is 44.1 Å². The average Bonchev–Trinajstić information content (AvgIpc) is 3.03. The molecule has 0 heterocycles. The van der Waals surface area contributed by atoms with E-state index >= 15 is 0 Å². The number of fused-ring (bicyclic) bond motifs is 1. The van der Waals surface area contributed by atoms with Gasteiger partial charge in [-0.3, -0.25) is 4.90 Å². The van der Waals surface area contributed by atoms with Gasteiger partial charge in [-0.15, -0.1) is 0 Å². The van der Waals surface area contributed by atoms with Gasteiger partial charge in [0.2, 0.25) is 0 Å². The topological polar surface area (TPSA) is 41.9 Å². The van der Waals surface area contributed by atoms with E-state index in [9.17, 15) is 5.11 Å². The monoisotopic (exact) mass is 431 g/mol. The molecule has 0 aromatic heterocycles. The molecule has 32 heavy (non-hydrogen) atoms. The largest absolute Gasteiger partial charge is 0.491 e. The summed E-state index contributed by atoms with van der Waals surface area (Å²) in [5, 5.41) is 10.9. The number of rotatable bonds is 9. The lowest BCUT2D eigenvalue weighted by atomic mass is 9.99. The molecule has 1 N–H and O–H groups in total. The highest BCUT2D eigenvalue weighted by atomic mass is 16.5. The maximum atomic E-state index is 10.9. The number of benzene rings is 3. The molecule has 0 amide bonds.